The molecule has 0 aromatic carbocycles. The van der Waals surface area contributed by atoms with Crippen molar-refractivity contribution in [1.29, 1.82) is 0 Å². The number of alkyl halides is 9. The van der Waals surface area contributed by atoms with Crippen LogP contribution in [0.2, 0.25) is 0 Å². The van der Waals surface area contributed by atoms with Crippen molar-refractivity contribution in [2.75, 3.05) is 0 Å². The number of allylic oxidation sites excluding steroid dienone is 1. The zero-order chi connectivity index (χ0) is 21.1. The highest BCUT2D eigenvalue weighted by Crippen LogP contribution is 2.63. The van der Waals surface area contributed by atoms with Crippen molar-refractivity contribution in [1.82, 2.24) is 0 Å². The van der Waals surface area contributed by atoms with E-state index in [1.165, 1.54) is 0 Å². The highest BCUT2D eigenvalue weighted by atomic mass is 19.4. The molecule has 3 unspecified atom stereocenters. The van der Waals surface area contributed by atoms with Crippen LogP contribution in [0.5, 0.6) is 0 Å². The Kier molecular flexibility index (Phi) is 5.08. The third-order valence-corrected chi connectivity index (χ3v) is 5.56. The van der Waals surface area contributed by atoms with E-state index >= 15 is 0 Å². The second kappa shape index (κ2) is 6.28. The summed E-state index contributed by atoms with van der Waals surface area (Å²) < 4.78 is 116. The molecule has 0 aliphatic heterocycles. The van der Waals surface area contributed by atoms with Gasteiger partial charge < -0.3 is 10.2 Å². The van der Waals surface area contributed by atoms with E-state index in [-0.39, 0.29) is 31.8 Å². The summed E-state index contributed by atoms with van der Waals surface area (Å²) in [5, 5.41) is 18.2. The van der Waals surface area contributed by atoms with Crippen LogP contribution in [0, 0.1) is 17.3 Å². The largest absolute Gasteiger partial charge is 0.478 e. The smallest absolute Gasteiger partial charge is 0.426 e. The minimum absolute atomic E-state index is 0.156. The van der Waals surface area contributed by atoms with Gasteiger partial charge in [-0.05, 0) is 49.4 Å². The van der Waals surface area contributed by atoms with E-state index in [2.05, 4.69) is 0 Å². The molecular weight excluding hydrogens is 399 g/mol. The lowest BCUT2D eigenvalue weighted by molar-refractivity contribution is -0.373. The Labute approximate surface area is 146 Å². The molecule has 0 saturated heterocycles. The third-order valence-electron chi connectivity index (χ3n) is 5.56. The summed E-state index contributed by atoms with van der Waals surface area (Å²) in [5.41, 5.74) is -8.91. The summed E-state index contributed by atoms with van der Waals surface area (Å²) in [5.74, 6) is -4.39. The molecule has 0 spiro atoms. The van der Waals surface area contributed by atoms with Crippen molar-refractivity contribution in [3.05, 3.63) is 11.6 Å². The van der Waals surface area contributed by atoms with Crippen molar-refractivity contribution >= 4 is 5.97 Å². The van der Waals surface area contributed by atoms with Crippen molar-refractivity contribution in [3.8, 4) is 0 Å². The molecule has 2 bridgehead atoms. The molecule has 12 heteroatoms. The molecule has 0 aromatic heterocycles. The average Bonchev–Trinajstić information content (AvgIpc) is 2.98. The fourth-order valence-corrected chi connectivity index (χ4v) is 4.26. The lowest BCUT2D eigenvalue weighted by atomic mass is 9.69. The van der Waals surface area contributed by atoms with Crippen LogP contribution in [0.4, 0.5) is 39.5 Å². The second-order valence-corrected chi connectivity index (χ2v) is 7.20. The Morgan fingerprint density at radius 1 is 1.04 bits per heavy atom. The number of halogens is 9. The maximum Gasteiger partial charge on any atom is 0.426 e. The van der Waals surface area contributed by atoms with Gasteiger partial charge in [0.05, 0.1) is 0 Å². The number of carbonyl (C=O) groups is 1. The van der Waals surface area contributed by atoms with E-state index in [0.717, 1.165) is 0 Å². The lowest BCUT2D eigenvalue weighted by Crippen LogP contribution is -2.58. The molecule has 0 amide bonds. The van der Waals surface area contributed by atoms with Crippen LogP contribution >= 0.6 is 0 Å². The molecule has 0 heterocycles. The molecule has 3 atom stereocenters. The fourth-order valence-electron chi connectivity index (χ4n) is 4.26. The second-order valence-electron chi connectivity index (χ2n) is 7.20. The minimum atomic E-state index is -6.09. The zero-order valence-corrected chi connectivity index (χ0v) is 13.5. The number of carboxylic acid groups (broad SMARTS) is 1. The summed E-state index contributed by atoms with van der Waals surface area (Å²) in [7, 11) is 0. The third kappa shape index (κ3) is 3.77. The van der Waals surface area contributed by atoms with E-state index in [1.54, 1.807) is 0 Å². The van der Waals surface area contributed by atoms with Gasteiger partial charge in [-0.2, -0.15) is 39.5 Å². The predicted molar refractivity (Wildman–Crippen MR) is 71.3 cm³/mol. The van der Waals surface area contributed by atoms with Gasteiger partial charge in [-0.25, -0.2) is 4.79 Å². The highest BCUT2D eigenvalue weighted by Gasteiger charge is 2.72. The Morgan fingerprint density at radius 2 is 1.56 bits per heavy atom. The van der Waals surface area contributed by atoms with Gasteiger partial charge in [-0.3, -0.25) is 0 Å². The van der Waals surface area contributed by atoms with Gasteiger partial charge in [0.25, 0.3) is 5.60 Å². The van der Waals surface area contributed by atoms with Gasteiger partial charge in [0.2, 0.25) is 0 Å². The molecule has 2 rings (SSSR count). The first kappa shape index (κ1) is 21.8. The highest BCUT2D eigenvalue weighted by molar-refractivity contribution is 5.88. The van der Waals surface area contributed by atoms with Crippen LogP contribution in [0.15, 0.2) is 11.6 Å². The standard InChI is InChI=1S/C15H15F9O3/c16-13(17,18)9(10(25)26)6-11-2-1-7(4-11)3-8(11)5-12(27,14(19,20)21)15(22,23)24/h6-8,27H,1-5H2,(H,25,26). The number of aliphatic hydroxyl groups is 1. The molecule has 2 N–H and O–H groups in total. The van der Waals surface area contributed by atoms with Crippen molar-refractivity contribution in [2.45, 2.75) is 56.2 Å². The summed E-state index contributed by atoms with van der Waals surface area (Å²) >= 11 is 0. The summed E-state index contributed by atoms with van der Waals surface area (Å²) in [6, 6.07) is 0. The maximum absolute atomic E-state index is 12.9. The SMILES string of the molecule is O=C(O)C(=CC12CCC(CC1CC(O)(C(F)(F)F)C(F)(F)F)C2)C(F)(F)F. The number of fused-ring (bicyclic) bond motifs is 2. The Bertz CT molecular complexity index is 618. The number of hydrogen-bond acceptors (Lipinski definition) is 2. The Balaban J connectivity index is 2.47. The first-order valence-electron chi connectivity index (χ1n) is 7.82. The van der Waals surface area contributed by atoms with Gasteiger partial charge in [0, 0.05) is 0 Å². The van der Waals surface area contributed by atoms with Crippen LogP contribution in [-0.2, 0) is 4.79 Å². The zero-order valence-electron chi connectivity index (χ0n) is 13.5. The average molecular weight is 414 g/mol. The van der Waals surface area contributed by atoms with Gasteiger partial charge in [0.1, 0.15) is 5.57 Å². The topological polar surface area (TPSA) is 57.5 Å². The molecule has 27 heavy (non-hydrogen) atoms. The van der Waals surface area contributed by atoms with Gasteiger partial charge >= 0.3 is 24.5 Å². The first-order valence-corrected chi connectivity index (χ1v) is 7.82. The molecule has 2 aliphatic rings. The van der Waals surface area contributed by atoms with Gasteiger partial charge in [0.15, 0.2) is 0 Å². The Hall–Kier alpha value is -1.46. The van der Waals surface area contributed by atoms with Crippen LogP contribution < -0.4 is 0 Å². The van der Waals surface area contributed by atoms with Crippen LogP contribution in [0.1, 0.15) is 32.1 Å². The van der Waals surface area contributed by atoms with Gasteiger partial charge in [-0.15, -0.1) is 0 Å². The molecular formula is C15H15F9O3. The first-order chi connectivity index (χ1) is 11.9. The molecule has 2 saturated carbocycles. The quantitative estimate of drug-likeness (QED) is 0.522. The number of carboxylic acids is 1. The van der Waals surface area contributed by atoms with E-state index in [4.69, 9.17) is 5.11 Å². The molecule has 3 nitrogen and oxygen atoms in total. The summed E-state index contributed by atoms with van der Waals surface area (Å²) in [4.78, 5) is 10.9. The van der Waals surface area contributed by atoms with Crippen molar-refractivity contribution in [2.24, 2.45) is 17.3 Å². The normalized spacial score (nSPS) is 30.1. The predicted octanol–water partition coefficient (Wildman–Crippen LogP) is 4.61. The van der Waals surface area contributed by atoms with Crippen molar-refractivity contribution in [3.63, 3.8) is 0 Å². The number of rotatable bonds is 4. The molecule has 156 valence electrons. The molecule has 0 aromatic rings. The van der Waals surface area contributed by atoms with E-state index in [0.29, 0.717) is 0 Å². The molecule has 2 aliphatic carbocycles. The Morgan fingerprint density at radius 3 is 1.93 bits per heavy atom. The van der Waals surface area contributed by atoms with Crippen molar-refractivity contribution < 1.29 is 54.5 Å². The van der Waals surface area contributed by atoms with E-state index in [1.807, 2.05) is 0 Å². The monoisotopic (exact) mass is 414 g/mol. The summed E-state index contributed by atoms with van der Waals surface area (Å²) in [6.07, 6.45) is -19.5. The van der Waals surface area contributed by atoms with Crippen LogP contribution in [0.25, 0.3) is 0 Å². The van der Waals surface area contributed by atoms with Gasteiger partial charge in [-0.1, -0.05) is 6.08 Å². The number of aliphatic carboxylic acids is 1. The van der Waals surface area contributed by atoms with E-state index < -0.39 is 59.3 Å². The molecule has 0 radical (unpaired) electrons. The maximum atomic E-state index is 12.9. The molecule has 2 fully saturated rings. The fraction of sp³-hybridized carbons (Fsp3) is 0.800. The lowest BCUT2D eigenvalue weighted by Gasteiger charge is -2.40. The summed E-state index contributed by atoms with van der Waals surface area (Å²) in [6.45, 7) is 0. The van der Waals surface area contributed by atoms with Crippen LogP contribution in [-0.4, -0.2) is 40.3 Å². The van der Waals surface area contributed by atoms with E-state index in [9.17, 15) is 49.4 Å². The minimum Gasteiger partial charge on any atom is -0.478 e. The number of hydrogen-bond donors (Lipinski definition) is 2. The van der Waals surface area contributed by atoms with Crippen LogP contribution in [0.3, 0.4) is 0 Å².